The Morgan fingerprint density at radius 2 is 1.29 bits per heavy atom. The van der Waals surface area contributed by atoms with Crippen molar-refractivity contribution in [3.8, 4) is 0 Å². The van der Waals surface area contributed by atoms with Crippen LogP contribution in [0.3, 0.4) is 0 Å². The molecule has 0 heterocycles. The fourth-order valence-corrected chi connectivity index (χ4v) is 1.06. The van der Waals surface area contributed by atoms with Gasteiger partial charge in [0, 0.05) is 68.6 Å². The zero-order chi connectivity index (χ0) is 4.12. The van der Waals surface area contributed by atoms with Crippen LogP contribution in [0, 0.1) is 0 Å². The van der Waals surface area contributed by atoms with Crippen LogP contribution in [0.25, 0.3) is 0 Å². The molecule has 0 saturated heterocycles. The summed E-state index contributed by atoms with van der Waals surface area (Å²) in [7, 11) is 0.432. The predicted octanol–water partition coefficient (Wildman–Crippen LogP) is 0.270. The van der Waals surface area contributed by atoms with E-state index in [4.69, 9.17) is 0 Å². The van der Waals surface area contributed by atoms with Gasteiger partial charge in [-0.25, -0.2) is 0 Å². The molecule has 0 spiro atoms. The minimum Gasteiger partial charge on any atom is -0.0683 e. The molecule has 0 aromatic rings. The van der Waals surface area contributed by atoms with E-state index in [1.807, 2.05) is 0 Å². The van der Waals surface area contributed by atoms with Crippen molar-refractivity contribution in [1.82, 2.24) is 0 Å². The molecule has 0 atom stereocenters. The maximum absolute atomic E-state index is 2.27. The van der Waals surface area contributed by atoms with Crippen molar-refractivity contribution in [3.05, 3.63) is 0 Å². The van der Waals surface area contributed by atoms with Gasteiger partial charge in [0.25, 0.3) is 0 Å². The summed E-state index contributed by atoms with van der Waals surface area (Å²) in [6.45, 7) is 4.55. The van der Waals surface area contributed by atoms with E-state index in [9.17, 15) is 0 Å². The second-order valence-electron chi connectivity index (χ2n) is 1.35. The monoisotopic (exact) mass is 134 g/mol. The molecule has 3 heteroatoms. The molecule has 0 aromatic heterocycles. The molecule has 0 N–H and O–H groups in total. The zero-order valence-electron chi connectivity index (χ0n) is 6.12. The van der Waals surface area contributed by atoms with Gasteiger partial charge in [-0.15, -0.1) is 0 Å². The molecule has 2 radical (unpaired) electrons. The first-order chi connectivity index (χ1) is 2.41. The Labute approximate surface area is 93.2 Å². The van der Waals surface area contributed by atoms with Gasteiger partial charge < -0.3 is 0 Å². The Kier molecular flexibility index (Phi) is 36.2. The Morgan fingerprint density at radius 1 is 1.00 bits per heavy atom. The van der Waals surface area contributed by atoms with Crippen molar-refractivity contribution in [2.45, 2.75) is 25.9 Å². The largest absolute Gasteiger partial charge is 0.0683 e. The third-order valence-corrected chi connectivity index (χ3v) is 2.12. The van der Waals surface area contributed by atoms with E-state index in [1.54, 1.807) is 0 Å². The fraction of sp³-hybridized carbons (Fsp3) is 1.00. The maximum Gasteiger partial charge on any atom is 0.0192 e. The first kappa shape index (κ1) is 16.1. The minimum absolute atomic E-state index is 0. The Bertz CT molecular complexity index is 17.2. The van der Waals surface area contributed by atoms with Crippen LogP contribution in [-0.4, -0.2) is 68.6 Å². The summed E-state index contributed by atoms with van der Waals surface area (Å²) in [5.41, 5.74) is 0. The third kappa shape index (κ3) is 17.9. The smallest absolute Gasteiger partial charge is 0.0192 e. The van der Waals surface area contributed by atoms with Gasteiger partial charge in [-0.2, -0.15) is 0 Å². The van der Waals surface area contributed by atoms with E-state index < -0.39 is 0 Å². The minimum atomic E-state index is 0. The topological polar surface area (TPSA) is 0 Å². The molecule has 7 heavy (non-hydrogen) atoms. The molecule has 0 amide bonds. The van der Waals surface area contributed by atoms with E-state index in [2.05, 4.69) is 13.8 Å². The van der Waals surface area contributed by atoms with E-state index in [0.717, 1.165) is 0 Å². The van der Waals surface area contributed by atoms with Crippen LogP contribution in [0.4, 0.5) is 0 Å². The number of hydrogen-bond acceptors (Lipinski definition) is 0. The first-order valence-electron chi connectivity index (χ1n) is 2.41. The molecule has 0 saturated carbocycles. The predicted molar refractivity (Wildman–Crippen MR) is 41.0 cm³/mol. The van der Waals surface area contributed by atoms with Crippen LogP contribution >= 0.6 is 0 Å². The summed E-state index contributed by atoms with van der Waals surface area (Å²) in [4.78, 5) is 0. The third-order valence-electron chi connectivity index (χ3n) is 0.707. The van der Waals surface area contributed by atoms with Crippen molar-refractivity contribution in [2.24, 2.45) is 0 Å². The van der Waals surface area contributed by atoms with Gasteiger partial charge in [0.05, 0.1) is 0 Å². The molecule has 0 aliphatic rings. The average molecular weight is 134 g/mol. The van der Waals surface area contributed by atoms with Crippen LogP contribution in [-0.2, 0) is 0 Å². The van der Waals surface area contributed by atoms with Gasteiger partial charge >= 0.3 is 0 Å². The molecule has 0 fully saturated rings. The van der Waals surface area contributed by atoms with Crippen LogP contribution in [0.15, 0.2) is 0 Å². The van der Waals surface area contributed by atoms with Crippen molar-refractivity contribution < 1.29 is 0 Å². The van der Waals surface area contributed by atoms with Gasteiger partial charge in [0.15, 0.2) is 0 Å². The molecule has 0 bridgehead atoms. The van der Waals surface area contributed by atoms with Gasteiger partial charge in [-0.3, -0.25) is 0 Å². The summed E-state index contributed by atoms with van der Waals surface area (Å²) in [6.07, 6.45) is 0. The molecule has 0 rings (SSSR count). The van der Waals surface area contributed by atoms with E-state index in [-0.39, 0.29) is 59.1 Å². The van der Waals surface area contributed by atoms with Crippen LogP contribution in [0.2, 0.25) is 12.1 Å². The van der Waals surface area contributed by atoms with Crippen LogP contribution in [0.1, 0.15) is 13.8 Å². The summed E-state index contributed by atoms with van der Waals surface area (Å²) in [5, 5.41) is 0. The van der Waals surface area contributed by atoms with E-state index in [1.165, 1.54) is 12.1 Å². The van der Waals surface area contributed by atoms with Gasteiger partial charge in [0.1, 0.15) is 0 Å². The Balaban J connectivity index is -0.0000000800. The first-order valence-corrected chi connectivity index (χ1v) is 4.41. The van der Waals surface area contributed by atoms with E-state index in [0.29, 0.717) is 9.52 Å². The standard InChI is InChI=1S/C4H12Si.2Na/c1-3-5-4-2;;/h3-5H2,1-2H3;;. The van der Waals surface area contributed by atoms with Crippen LogP contribution in [0.5, 0.6) is 0 Å². The molecule has 0 aromatic carbocycles. The van der Waals surface area contributed by atoms with Crippen molar-refractivity contribution in [1.29, 1.82) is 0 Å². The van der Waals surface area contributed by atoms with Crippen molar-refractivity contribution >= 4 is 68.6 Å². The van der Waals surface area contributed by atoms with E-state index >= 15 is 0 Å². The summed E-state index contributed by atoms with van der Waals surface area (Å²) in [6, 6.07) is 2.97. The molecule has 0 aliphatic heterocycles. The zero-order valence-corrected chi connectivity index (χ0v) is 11.5. The molecule has 0 nitrogen and oxygen atoms in total. The summed E-state index contributed by atoms with van der Waals surface area (Å²) in [5.74, 6) is 0. The molecule has 0 unspecified atom stereocenters. The fourth-order valence-electron chi connectivity index (χ4n) is 0.354. The summed E-state index contributed by atoms with van der Waals surface area (Å²) < 4.78 is 0. The molecular formula is C4H12Na2Si. The Hall–Kier alpha value is 2.22. The number of rotatable bonds is 2. The molecule has 34 valence electrons. The molecular weight excluding hydrogens is 122 g/mol. The quantitative estimate of drug-likeness (QED) is 0.476. The van der Waals surface area contributed by atoms with Gasteiger partial charge in [-0.1, -0.05) is 25.9 Å². The van der Waals surface area contributed by atoms with Gasteiger partial charge in [0.2, 0.25) is 0 Å². The maximum atomic E-state index is 2.27. The second kappa shape index (κ2) is 15.7. The van der Waals surface area contributed by atoms with Crippen molar-refractivity contribution in [2.75, 3.05) is 0 Å². The van der Waals surface area contributed by atoms with Gasteiger partial charge in [-0.05, 0) is 0 Å². The second-order valence-corrected chi connectivity index (χ2v) is 4.06. The average Bonchev–Trinajstić information content (AvgIpc) is 1.41. The van der Waals surface area contributed by atoms with Crippen molar-refractivity contribution in [3.63, 3.8) is 0 Å². The SMILES string of the molecule is CC[SiH2]CC.[Na].[Na]. The van der Waals surface area contributed by atoms with Crippen LogP contribution < -0.4 is 0 Å². The normalized spacial score (nSPS) is 6.00. The Morgan fingerprint density at radius 3 is 1.29 bits per heavy atom. The number of hydrogen-bond donors (Lipinski definition) is 0. The molecule has 0 aliphatic carbocycles. The summed E-state index contributed by atoms with van der Waals surface area (Å²) >= 11 is 0.